The summed E-state index contributed by atoms with van der Waals surface area (Å²) in [5, 5.41) is 14.7. The molecule has 5 nitrogen and oxygen atoms in total. The van der Waals surface area contributed by atoms with Crippen molar-refractivity contribution in [3.63, 3.8) is 0 Å². The molecule has 0 saturated heterocycles. The van der Waals surface area contributed by atoms with Crippen molar-refractivity contribution < 1.29 is 4.79 Å². The minimum atomic E-state index is -0.442. The second-order valence-corrected chi connectivity index (χ2v) is 6.81. The first-order valence-electron chi connectivity index (χ1n) is 8.22. The van der Waals surface area contributed by atoms with Crippen LogP contribution in [0.5, 0.6) is 0 Å². The SMILES string of the molecule is Cc1c(/C=N\NC(=O)CC#N)c2ccccc2n1Cc1ccc(Cl)cc1Cl. The lowest BCUT2D eigenvalue weighted by Crippen LogP contribution is -2.16. The maximum Gasteiger partial charge on any atom is 0.254 e. The largest absolute Gasteiger partial charge is 0.340 e. The lowest BCUT2D eigenvalue weighted by Gasteiger charge is -2.10. The fraction of sp³-hybridized carbons (Fsp3) is 0.150. The topological polar surface area (TPSA) is 70.2 Å². The van der Waals surface area contributed by atoms with E-state index in [9.17, 15) is 4.79 Å². The molecule has 1 aromatic heterocycles. The Kier molecular flexibility index (Phi) is 5.80. The predicted octanol–water partition coefficient (Wildman–Crippen LogP) is 4.67. The van der Waals surface area contributed by atoms with Gasteiger partial charge in [0.05, 0.1) is 12.3 Å². The molecular weight excluding hydrogens is 383 g/mol. The molecule has 1 amide bonds. The first-order chi connectivity index (χ1) is 13.0. The Labute approximate surface area is 166 Å². The molecule has 3 aromatic rings. The van der Waals surface area contributed by atoms with E-state index < -0.39 is 5.91 Å². The van der Waals surface area contributed by atoms with Crippen LogP contribution in [0.15, 0.2) is 47.6 Å². The number of carbonyl (C=O) groups is 1. The van der Waals surface area contributed by atoms with E-state index in [2.05, 4.69) is 15.1 Å². The standard InChI is InChI=1S/C20H16Cl2N4O/c1-13-17(11-24-25-20(27)8-9-23)16-4-2-3-5-19(16)26(13)12-14-6-7-15(21)10-18(14)22/h2-7,10-11H,8,12H2,1H3,(H,25,27)/b24-11-. The molecule has 0 bridgehead atoms. The number of halogens is 2. The predicted molar refractivity (Wildman–Crippen MR) is 108 cm³/mol. The minimum Gasteiger partial charge on any atom is -0.340 e. The number of fused-ring (bicyclic) bond motifs is 1. The molecule has 27 heavy (non-hydrogen) atoms. The van der Waals surface area contributed by atoms with Crippen molar-refractivity contribution in [2.75, 3.05) is 0 Å². The van der Waals surface area contributed by atoms with Crippen molar-refractivity contribution in [2.24, 2.45) is 5.10 Å². The summed E-state index contributed by atoms with van der Waals surface area (Å²) < 4.78 is 2.14. The van der Waals surface area contributed by atoms with E-state index in [1.807, 2.05) is 43.3 Å². The van der Waals surface area contributed by atoms with Crippen LogP contribution in [-0.2, 0) is 11.3 Å². The highest BCUT2D eigenvalue weighted by molar-refractivity contribution is 6.35. The molecule has 0 unspecified atom stereocenters. The minimum absolute atomic E-state index is 0.229. The molecule has 3 rings (SSSR count). The third-order valence-electron chi connectivity index (χ3n) is 4.25. The molecule has 0 saturated carbocycles. The van der Waals surface area contributed by atoms with Gasteiger partial charge in [0.25, 0.3) is 5.91 Å². The zero-order valence-corrected chi connectivity index (χ0v) is 16.1. The van der Waals surface area contributed by atoms with Gasteiger partial charge in [0.1, 0.15) is 6.42 Å². The second-order valence-electron chi connectivity index (χ2n) is 5.97. The summed E-state index contributed by atoms with van der Waals surface area (Å²) in [6.07, 6.45) is 1.38. The van der Waals surface area contributed by atoms with Gasteiger partial charge in [0.2, 0.25) is 0 Å². The molecule has 0 spiro atoms. The molecule has 0 aliphatic heterocycles. The van der Waals surface area contributed by atoms with E-state index in [4.69, 9.17) is 28.5 Å². The molecule has 1 heterocycles. The van der Waals surface area contributed by atoms with Crippen LogP contribution in [0, 0.1) is 18.3 Å². The number of amides is 1. The third kappa shape index (κ3) is 4.13. The lowest BCUT2D eigenvalue weighted by molar-refractivity contribution is -0.120. The van der Waals surface area contributed by atoms with Crippen LogP contribution in [0.3, 0.4) is 0 Å². The number of aromatic nitrogens is 1. The maximum absolute atomic E-state index is 11.4. The van der Waals surface area contributed by atoms with Gasteiger partial charge < -0.3 is 4.57 Å². The van der Waals surface area contributed by atoms with Gasteiger partial charge in [-0.1, -0.05) is 47.5 Å². The highest BCUT2D eigenvalue weighted by Crippen LogP contribution is 2.28. The molecular formula is C20H16Cl2N4O. The molecule has 0 aliphatic rings. The molecule has 0 aliphatic carbocycles. The normalized spacial score (nSPS) is 11.0. The summed E-state index contributed by atoms with van der Waals surface area (Å²) in [6.45, 7) is 2.57. The van der Waals surface area contributed by atoms with Crippen molar-refractivity contribution >= 4 is 46.2 Å². The number of nitrogens with zero attached hydrogens (tertiary/aromatic N) is 3. The fourth-order valence-electron chi connectivity index (χ4n) is 2.92. The molecule has 0 fully saturated rings. The van der Waals surface area contributed by atoms with Crippen molar-refractivity contribution in [3.05, 3.63) is 69.3 Å². The summed E-state index contributed by atoms with van der Waals surface area (Å²) in [7, 11) is 0. The Bertz CT molecular complexity index is 1080. The summed E-state index contributed by atoms with van der Waals surface area (Å²) in [4.78, 5) is 11.4. The van der Waals surface area contributed by atoms with Crippen LogP contribution in [-0.4, -0.2) is 16.7 Å². The number of nitriles is 1. The number of hydrazone groups is 1. The Balaban J connectivity index is 1.99. The third-order valence-corrected chi connectivity index (χ3v) is 4.83. The first-order valence-corrected chi connectivity index (χ1v) is 8.97. The Morgan fingerprint density at radius 1 is 1.30 bits per heavy atom. The fourth-order valence-corrected chi connectivity index (χ4v) is 3.39. The second kappa shape index (κ2) is 8.26. The number of hydrogen-bond acceptors (Lipinski definition) is 3. The Hall–Kier alpha value is -2.81. The van der Waals surface area contributed by atoms with Crippen LogP contribution in [0.2, 0.25) is 10.0 Å². The highest BCUT2D eigenvalue weighted by atomic mass is 35.5. The average molecular weight is 399 g/mol. The summed E-state index contributed by atoms with van der Waals surface area (Å²) in [5.74, 6) is -0.442. The van der Waals surface area contributed by atoms with E-state index >= 15 is 0 Å². The van der Waals surface area contributed by atoms with Gasteiger partial charge in [-0.05, 0) is 30.7 Å². The van der Waals surface area contributed by atoms with Crippen LogP contribution < -0.4 is 5.43 Å². The number of rotatable bonds is 5. The van der Waals surface area contributed by atoms with Crippen molar-refractivity contribution in [1.29, 1.82) is 5.26 Å². The quantitative estimate of drug-likeness (QED) is 0.500. The molecule has 7 heteroatoms. The van der Waals surface area contributed by atoms with Gasteiger partial charge in [-0.25, -0.2) is 5.43 Å². The number of hydrogen-bond donors (Lipinski definition) is 1. The van der Waals surface area contributed by atoms with Gasteiger partial charge in [-0.3, -0.25) is 4.79 Å². The van der Waals surface area contributed by atoms with Crippen LogP contribution >= 0.6 is 23.2 Å². The number of nitrogens with one attached hydrogen (secondary N) is 1. The zero-order chi connectivity index (χ0) is 19.4. The lowest BCUT2D eigenvalue weighted by atomic mass is 10.1. The van der Waals surface area contributed by atoms with Crippen molar-refractivity contribution in [3.8, 4) is 6.07 Å². The zero-order valence-electron chi connectivity index (χ0n) is 14.5. The monoisotopic (exact) mass is 398 g/mol. The average Bonchev–Trinajstić information content (AvgIpc) is 2.90. The van der Waals surface area contributed by atoms with E-state index in [-0.39, 0.29) is 6.42 Å². The van der Waals surface area contributed by atoms with E-state index in [1.54, 1.807) is 18.4 Å². The molecule has 0 atom stereocenters. The van der Waals surface area contributed by atoms with E-state index in [0.717, 1.165) is 27.7 Å². The summed E-state index contributed by atoms with van der Waals surface area (Å²) >= 11 is 12.3. The van der Waals surface area contributed by atoms with E-state index in [0.29, 0.717) is 16.6 Å². The first kappa shape index (κ1) is 19.0. The van der Waals surface area contributed by atoms with Crippen molar-refractivity contribution in [1.82, 2.24) is 9.99 Å². The van der Waals surface area contributed by atoms with Gasteiger partial charge >= 0.3 is 0 Å². The Morgan fingerprint density at radius 3 is 2.81 bits per heavy atom. The van der Waals surface area contributed by atoms with Gasteiger partial charge in [0, 0.05) is 38.8 Å². The van der Waals surface area contributed by atoms with Gasteiger partial charge in [0.15, 0.2) is 0 Å². The molecule has 1 N–H and O–H groups in total. The van der Waals surface area contributed by atoms with Gasteiger partial charge in [-0.2, -0.15) is 10.4 Å². The van der Waals surface area contributed by atoms with Crippen LogP contribution in [0.4, 0.5) is 0 Å². The number of benzene rings is 2. The Morgan fingerprint density at radius 2 is 2.07 bits per heavy atom. The number of para-hydroxylation sites is 1. The summed E-state index contributed by atoms with van der Waals surface area (Å²) in [6, 6.07) is 15.2. The number of carbonyl (C=O) groups excluding carboxylic acids is 1. The van der Waals surface area contributed by atoms with Crippen LogP contribution in [0.25, 0.3) is 10.9 Å². The van der Waals surface area contributed by atoms with Gasteiger partial charge in [-0.15, -0.1) is 0 Å². The smallest absolute Gasteiger partial charge is 0.254 e. The molecule has 2 aromatic carbocycles. The van der Waals surface area contributed by atoms with Crippen LogP contribution in [0.1, 0.15) is 23.2 Å². The highest BCUT2D eigenvalue weighted by Gasteiger charge is 2.14. The molecule has 0 radical (unpaired) electrons. The van der Waals surface area contributed by atoms with Crippen molar-refractivity contribution in [2.45, 2.75) is 19.9 Å². The summed E-state index contributed by atoms with van der Waals surface area (Å²) in [5.41, 5.74) is 6.23. The maximum atomic E-state index is 11.4. The van der Waals surface area contributed by atoms with E-state index in [1.165, 1.54) is 0 Å². The molecule has 136 valence electrons.